The second kappa shape index (κ2) is 7.62. The molecule has 2 aromatic rings. The van der Waals surface area contributed by atoms with E-state index < -0.39 is 0 Å². The molecule has 1 fully saturated rings. The third-order valence-electron chi connectivity index (χ3n) is 4.05. The fraction of sp³-hybridized carbons (Fsp3) is 0.333. The average Bonchev–Trinajstić information content (AvgIpc) is 2.66. The Morgan fingerprint density at radius 1 is 1.16 bits per heavy atom. The quantitative estimate of drug-likeness (QED) is 0.835. The highest BCUT2D eigenvalue weighted by atomic mass is 16.1. The molecule has 1 amide bonds. The van der Waals surface area contributed by atoms with Crippen molar-refractivity contribution in [2.24, 2.45) is 0 Å². The molecule has 1 aliphatic rings. The number of hydrogen-bond donors (Lipinski definition) is 1. The maximum absolute atomic E-state index is 11.8. The topological polar surface area (TPSA) is 74.2 Å². The smallest absolute Gasteiger partial charge is 0.253 e. The summed E-state index contributed by atoms with van der Waals surface area (Å²) >= 11 is 0. The predicted molar refractivity (Wildman–Crippen MR) is 96.6 cm³/mol. The molecule has 7 nitrogen and oxygen atoms in total. The van der Waals surface area contributed by atoms with Crippen molar-refractivity contribution in [1.82, 2.24) is 20.3 Å². The fourth-order valence-electron chi connectivity index (χ4n) is 2.73. The molecule has 128 valence electrons. The van der Waals surface area contributed by atoms with Gasteiger partial charge in [-0.25, -0.2) is 15.0 Å². The molecule has 0 atom stereocenters. The molecule has 3 heterocycles. The number of amides is 1. The zero-order valence-electron chi connectivity index (χ0n) is 14.1. The van der Waals surface area contributed by atoms with Crippen LogP contribution in [0, 0.1) is 19.3 Å². The molecule has 0 aromatic carbocycles. The third-order valence-corrected chi connectivity index (χ3v) is 4.05. The summed E-state index contributed by atoms with van der Waals surface area (Å²) in [5.74, 6) is 4.78. The SMILES string of the molecule is C#CCNC(=O)c1ccc(N2CCN(c3ccnc(C)n3)CC2)nc1. The van der Waals surface area contributed by atoms with Crippen LogP contribution in [0.1, 0.15) is 16.2 Å². The maximum atomic E-state index is 11.8. The predicted octanol–water partition coefficient (Wildman–Crippen LogP) is 0.870. The zero-order chi connectivity index (χ0) is 17.6. The number of nitrogens with zero attached hydrogens (tertiary/aromatic N) is 5. The van der Waals surface area contributed by atoms with Gasteiger partial charge < -0.3 is 15.1 Å². The number of carbonyl (C=O) groups is 1. The van der Waals surface area contributed by atoms with Gasteiger partial charge in [0, 0.05) is 38.6 Å². The van der Waals surface area contributed by atoms with Crippen molar-refractivity contribution in [3.63, 3.8) is 0 Å². The molecule has 3 rings (SSSR count). The van der Waals surface area contributed by atoms with Crippen molar-refractivity contribution in [2.75, 3.05) is 42.5 Å². The Hall–Kier alpha value is -3.14. The summed E-state index contributed by atoms with van der Waals surface area (Å²) in [6, 6.07) is 5.58. The molecule has 0 radical (unpaired) electrons. The van der Waals surface area contributed by atoms with Gasteiger partial charge in [-0.3, -0.25) is 4.79 Å². The van der Waals surface area contributed by atoms with E-state index in [1.807, 2.05) is 19.1 Å². The lowest BCUT2D eigenvalue weighted by Crippen LogP contribution is -2.47. The van der Waals surface area contributed by atoms with E-state index in [1.165, 1.54) is 0 Å². The summed E-state index contributed by atoms with van der Waals surface area (Å²) in [7, 11) is 0. The van der Waals surface area contributed by atoms with Crippen molar-refractivity contribution in [1.29, 1.82) is 0 Å². The highest BCUT2D eigenvalue weighted by Gasteiger charge is 2.19. The summed E-state index contributed by atoms with van der Waals surface area (Å²) < 4.78 is 0. The average molecular weight is 336 g/mol. The van der Waals surface area contributed by atoms with Crippen LogP contribution < -0.4 is 15.1 Å². The second-order valence-corrected chi connectivity index (χ2v) is 5.73. The van der Waals surface area contributed by atoms with Gasteiger partial charge in [-0.2, -0.15) is 0 Å². The maximum Gasteiger partial charge on any atom is 0.253 e. The Morgan fingerprint density at radius 3 is 2.48 bits per heavy atom. The minimum Gasteiger partial charge on any atom is -0.353 e. The Bertz CT molecular complexity index is 775. The van der Waals surface area contributed by atoms with Crippen molar-refractivity contribution < 1.29 is 4.79 Å². The number of pyridine rings is 1. The van der Waals surface area contributed by atoms with Crippen LogP contribution in [-0.4, -0.2) is 53.6 Å². The van der Waals surface area contributed by atoms with Gasteiger partial charge in [0.1, 0.15) is 17.5 Å². The van der Waals surface area contributed by atoms with E-state index in [4.69, 9.17) is 6.42 Å². The number of hydrogen-bond acceptors (Lipinski definition) is 6. The Labute approximate surface area is 147 Å². The molecular formula is C18H20N6O. The highest BCUT2D eigenvalue weighted by Crippen LogP contribution is 2.17. The largest absolute Gasteiger partial charge is 0.353 e. The molecule has 7 heteroatoms. The van der Waals surface area contributed by atoms with Gasteiger partial charge in [-0.1, -0.05) is 5.92 Å². The van der Waals surface area contributed by atoms with E-state index >= 15 is 0 Å². The van der Waals surface area contributed by atoms with Crippen LogP contribution in [0.3, 0.4) is 0 Å². The first-order valence-corrected chi connectivity index (χ1v) is 8.14. The second-order valence-electron chi connectivity index (χ2n) is 5.73. The molecule has 1 N–H and O–H groups in total. The minimum absolute atomic E-state index is 0.207. The summed E-state index contributed by atoms with van der Waals surface area (Å²) in [5, 5.41) is 2.63. The molecule has 0 spiro atoms. The van der Waals surface area contributed by atoms with Gasteiger partial charge in [0.25, 0.3) is 5.91 Å². The molecular weight excluding hydrogens is 316 g/mol. The third kappa shape index (κ3) is 4.04. The van der Waals surface area contributed by atoms with Crippen LogP contribution in [0.25, 0.3) is 0 Å². The number of terminal acetylenes is 1. The lowest BCUT2D eigenvalue weighted by Gasteiger charge is -2.36. The summed E-state index contributed by atoms with van der Waals surface area (Å²) in [6.07, 6.45) is 8.51. The number of rotatable bonds is 4. The Kier molecular flexibility index (Phi) is 5.09. The fourth-order valence-corrected chi connectivity index (χ4v) is 2.73. The van der Waals surface area contributed by atoms with Crippen LogP contribution in [0.2, 0.25) is 0 Å². The molecule has 2 aromatic heterocycles. The van der Waals surface area contributed by atoms with Gasteiger partial charge in [0.15, 0.2) is 0 Å². The number of aryl methyl sites for hydroxylation is 1. The van der Waals surface area contributed by atoms with E-state index in [2.05, 4.69) is 36.0 Å². The van der Waals surface area contributed by atoms with Gasteiger partial charge >= 0.3 is 0 Å². The first-order valence-electron chi connectivity index (χ1n) is 8.14. The number of aromatic nitrogens is 3. The van der Waals surface area contributed by atoms with Crippen molar-refractivity contribution >= 4 is 17.5 Å². The number of nitrogens with one attached hydrogen (secondary N) is 1. The van der Waals surface area contributed by atoms with E-state index in [-0.39, 0.29) is 12.5 Å². The lowest BCUT2D eigenvalue weighted by molar-refractivity contribution is 0.0958. The number of anilines is 2. The van der Waals surface area contributed by atoms with Crippen LogP contribution in [0.4, 0.5) is 11.6 Å². The molecule has 1 saturated heterocycles. The minimum atomic E-state index is -0.207. The van der Waals surface area contributed by atoms with E-state index in [0.717, 1.165) is 43.6 Å². The van der Waals surface area contributed by atoms with Crippen molar-refractivity contribution in [3.05, 3.63) is 42.0 Å². The molecule has 0 saturated carbocycles. The highest BCUT2D eigenvalue weighted by molar-refractivity contribution is 5.94. The standard InChI is InChI=1S/C18H20N6O/c1-3-7-20-18(25)15-4-5-16(21-13-15)23-9-11-24(12-10-23)17-6-8-19-14(2)22-17/h1,4-6,8,13H,7,9-12H2,2H3,(H,20,25). The lowest BCUT2D eigenvalue weighted by atomic mass is 10.2. The Morgan fingerprint density at radius 2 is 1.88 bits per heavy atom. The van der Waals surface area contributed by atoms with Gasteiger partial charge in [-0.05, 0) is 25.1 Å². The summed E-state index contributed by atoms with van der Waals surface area (Å²) in [4.78, 5) is 29.3. The normalized spacial score (nSPS) is 14.1. The van der Waals surface area contributed by atoms with Gasteiger partial charge in [0.2, 0.25) is 0 Å². The van der Waals surface area contributed by atoms with Gasteiger partial charge in [-0.15, -0.1) is 6.42 Å². The zero-order valence-corrected chi connectivity index (χ0v) is 14.1. The van der Waals surface area contributed by atoms with Gasteiger partial charge in [0.05, 0.1) is 12.1 Å². The molecule has 0 bridgehead atoms. The van der Waals surface area contributed by atoms with Crippen LogP contribution in [0.15, 0.2) is 30.6 Å². The van der Waals surface area contributed by atoms with E-state index in [0.29, 0.717) is 5.56 Å². The van der Waals surface area contributed by atoms with Crippen LogP contribution in [0.5, 0.6) is 0 Å². The Balaban J connectivity index is 1.59. The number of piperazine rings is 1. The summed E-state index contributed by atoms with van der Waals surface area (Å²) in [6.45, 7) is 5.53. The molecule has 0 unspecified atom stereocenters. The monoisotopic (exact) mass is 336 g/mol. The van der Waals surface area contributed by atoms with Crippen LogP contribution in [-0.2, 0) is 0 Å². The summed E-state index contributed by atoms with van der Waals surface area (Å²) in [5.41, 5.74) is 0.508. The van der Waals surface area contributed by atoms with Crippen molar-refractivity contribution in [2.45, 2.75) is 6.92 Å². The van der Waals surface area contributed by atoms with Crippen LogP contribution >= 0.6 is 0 Å². The van der Waals surface area contributed by atoms with E-state index in [1.54, 1.807) is 18.5 Å². The van der Waals surface area contributed by atoms with Crippen molar-refractivity contribution in [3.8, 4) is 12.3 Å². The first kappa shape index (κ1) is 16.7. The number of carbonyl (C=O) groups excluding carboxylic acids is 1. The molecule has 1 aliphatic heterocycles. The molecule has 0 aliphatic carbocycles. The van der Waals surface area contributed by atoms with E-state index in [9.17, 15) is 4.79 Å². The first-order chi connectivity index (χ1) is 12.2. The molecule has 25 heavy (non-hydrogen) atoms.